The van der Waals surface area contributed by atoms with Gasteiger partial charge in [0.15, 0.2) is 11.5 Å². The van der Waals surface area contributed by atoms with Crippen LogP contribution in [0.3, 0.4) is 0 Å². The van der Waals surface area contributed by atoms with Crippen molar-refractivity contribution >= 4 is 11.8 Å². The van der Waals surface area contributed by atoms with Gasteiger partial charge in [0.2, 0.25) is 0 Å². The smallest absolute Gasteiger partial charge is 0.274 e. The van der Waals surface area contributed by atoms with Crippen LogP contribution in [0.1, 0.15) is 29.1 Å². The fourth-order valence-corrected chi connectivity index (χ4v) is 3.40. The Labute approximate surface area is 151 Å². The molecule has 2 saturated heterocycles. The van der Waals surface area contributed by atoms with Crippen LogP contribution in [0.4, 0.5) is 0 Å². The van der Waals surface area contributed by atoms with Crippen LogP contribution in [0.25, 0.3) is 11.5 Å². The first-order valence-electron chi connectivity index (χ1n) is 8.94. The molecule has 0 aliphatic carbocycles. The van der Waals surface area contributed by atoms with Crippen LogP contribution in [0.2, 0.25) is 0 Å². The first-order valence-corrected chi connectivity index (χ1v) is 8.94. The van der Waals surface area contributed by atoms with Crippen LogP contribution in [0.15, 0.2) is 22.6 Å². The molecule has 0 radical (unpaired) electrons. The Balaban J connectivity index is 1.36. The number of hydrogen-bond donors (Lipinski definition) is 1. The number of hydrogen-bond acceptors (Lipinski definition) is 5. The van der Waals surface area contributed by atoms with Gasteiger partial charge in [-0.3, -0.25) is 14.7 Å². The van der Waals surface area contributed by atoms with Crippen molar-refractivity contribution in [3.63, 3.8) is 0 Å². The number of aromatic nitrogens is 2. The number of carbonyl (C=O) groups is 2. The molecule has 138 valence electrons. The molecule has 1 N–H and O–H groups in total. The van der Waals surface area contributed by atoms with Gasteiger partial charge in [-0.2, -0.15) is 5.10 Å². The zero-order valence-corrected chi connectivity index (χ0v) is 14.7. The molecule has 26 heavy (non-hydrogen) atoms. The van der Waals surface area contributed by atoms with Gasteiger partial charge in [-0.15, -0.1) is 0 Å². The van der Waals surface area contributed by atoms with Gasteiger partial charge in [-0.05, 0) is 31.9 Å². The van der Waals surface area contributed by atoms with Crippen LogP contribution < -0.4 is 0 Å². The molecule has 2 amide bonds. The van der Waals surface area contributed by atoms with E-state index in [1.165, 1.54) is 0 Å². The van der Waals surface area contributed by atoms with E-state index >= 15 is 0 Å². The molecule has 2 aromatic rings. The Bertz CT molecular complexity index is 798. The van der Waals surface area contributed by atoms with Crippen LogP contribution in [-0.2, 0) is 9.53 Å². The zero-order chi connectivity index (χ0) is 18.1. The van der Waals surface area contributed by atoms with Crippen molar-refractivity contribution in [2.24, 2.45) is 0 Å². The molecule has 8 nitrogen and oxygen atoms in total. The molecule has 2 aliphatic heterocycles. The van der Waals surface area contributed by atoms with E-state index in [1.807, 2.05) is 19.1 Å². The van der Waals surface area contributed by atoms with Crippen LogP contribution in [0, 0.1) is 6.92 Å². The van der Waals surface area contributed by atoms with Gasteiger partial charge in [0, 0.05) is 38.9 Å². The molecule has 2 aliphatic rings. The first kappa shape index (κ1) is 16.8. The number of carbonyl (C=O) groups excluding carboxylic acids is 2. The number of H-pyrrole nitrogens is 1. The average molecular weight is 358 g/mol. The third-order valence-electron chi connectivity index (χ3n) is 4.89. The van der Waals surface area contributed by atoms with Crippen molar-refractivity contribution in [3.8, 4) is 11.5 Å². The number of ether oxygens (including phenoxy) is 1. The van der Waals surface area contributed by atoms with Crippen LogP contribution in [-0.4, -0.2) is 70.7 Å². The van der Waals surface area contributed by atoms with Crippen LogP contribution in [0.5, 0.6) is 0 Å². The van der Waals surface area contributed by atoms with E-state index in [0.717, 1.165) is 18.6 Å². The molecule has 1 atom stereocenters. The Morgan fingerprint density at radius 2 is 1.96 bits per heavy atom. The Morgan fingerprint density at radius 3 is 2.62 bits per heavy atom. The second-order valence-electron chi connectivity index (χ2n) is 6.70. The van der Waals surface area contributed by atoms with Gasteiger partial charge in [0.1, 0.15) is 17.6 Å². The van der Waals surface area contributed by atoms with E-state index < -0.39 is 0 Å². The Kier molecular flexibility index (Phi) is 4.50. The lowest BCUT2D eigenvalue weighted by molar-refractivity contribution is -0.142. The second-order valence-corrected chi connectivity index (χ2v) is 6.70. The molecule has 0 unspecified atom stereocenters. The normalized spacial score (nSPS) is 20.6. The van der Waals surface area contributed by atoms with Gasteiger partial charge >= 0.3 is 0 Å². The maximum atomic E-state index is 12.7. The molecule has 2 aromatic heterocycles. The molecule has 0 aromatic carbocycles. The van der Waals surface area contributed by atoms with Gasteiger partial charge in [0.05, 0.1) is 0 Å². The predicted molar refractivity (Wildman–Crippen MR) is 92.5 cm³/mol. The topological polar surface area (TPSA) is 91.7 Å². The second kappa shape index (κ2) is 6.95. The molecule has 0 saturated carbocycles. The van der Waals surface area contributed by atoms with Crippen molar-refractivity contribution < 1.29 is 18.7 Å². The third kappa shape index (κ3) is 3.24. The average Bonchev–Trinajstić information content (AvgIpc) is 3.41. The zero-order valence-electron chi connectivity index (χ0n) is 14.7. The van der Waals surface area contributed by atoms with Crippen molar-refractivity contribution in [1.82, 2.24) is 20.0 Å². The largest absolute Gasteiger partial charge is 0.460 e. The Morgan fingerprint density at radius 1 is 1.19 bits per heavy atom. The maximum Gasteiger partial charge on any atom is 0.274 e. The van der Waals surface area contributed by atoms with E-state index in [-0.39, 0.29) is 17.9 Å². The fraction of sp³-hybridized carbons (Fsp3) is 0.500. The number of aryl methyl sites for hydroxylation is 1. The number of nitrogens with one attached hydrogen (secondary N) is 1. The van der Waals surface area contributed by atoms with Crippen LogP contribution >= 0.6 is 0 Å². The summed E-state index contributed by atoms with van der Waals surface area (Å²) in [7, 11) is 0. The van der Waals surface area contributed by atoms with Crippen molar-refractivity contribution in [3.05, 3.63) is 29.7 Å². The monoisotopic (exact) mass is 358 g/mol. The van der Waals surface area contributed by atoms with Crippen molar-refractivity contribution in [1.29, 1.82) is 0 Å². The Hall–Kier alpha value is -2.61. The van der Waals surface area contributed by atoms with E-state index in [2.05, 4.69) is 10.2 Å². The summed E-state index contributed by atoms with van der Waals surface area (Å²) in [4.78, 5) is 28.6. The van der Waals surface area contributed by atoms with E-state index in [1.54, 1.807) is 15.9 Å². The lowest BCUT2D eigenvalue weighted by atomic mass is 10.2. The molecule has 4 heterocycles. The summed E-state index contributed by atoms with van der Waals surface area (Å²) in [5.74, 6) is 1.36. The van der Waals surface area contributed by atoms with E-state index in [0.29, 0.717) is 49.9 Å². The van der Waals surface area contributed by atoms with Gasteiger partial charge < -0.3 is 19.0 Å². The molecule has 0 bridgehead atoms. The number of aromatic amines is 1. The molecular weight excluding hydrogens is 336 g/mol. The highest BCUT2D eigenvalue weighted by Crippen LogP contribution is 2.21. The summed E-state index contributed by atoms with van der Waals surface area (Å²) in [5, 5.41) is 6.96. The SMILES string of the molecule is Cc1ccc(-c2cc(C(=O)N3CCN(C(=O)[C@@H]4CCCO4)CC3)n[nH]2)o1. The minimum Gasteiger partial charge on any atom is -0.460 e. The summed E-state index contributed by atoms with van der Waals surface area (Å²) in [6, 6.07) is 5.40. The number of rotatable bonds is 3. The number of piperazine rings is 1. The number of amides is 2. The standard InChI is InChI=1S/C18H22N4O4/c1-12-4-5-15(26-12)13-11-14(20-19-13)17(23)21-6-8-22(9-7-21)18(24)16-3-2-10-25-16/h4-5,11,16H,2-3,6-10H2,1H3,(H,19,20)/t16-/m0/s1. The number of furan rings is 1. The summed E-state index contributed by atoms with van der Waals surface area (Å²) in [5.41, 5.74) is 1.03. The lowest BCUT2D eigenvalue weighted by Gasteiger charge is -2.35. The highest BCUT2D eigenvalue weighted by molar-refractivity contribution is 5.93. The summed E-state index contributed by atoms with van der Waals surface area (Å²) >= 11 is 0. The quantitative estimate of drug-likeness (QED) is 0.896. The highest BCUT2D eigenvalue weighted by Gasteiger charge is 2.32. The predicted octanol–water partition coefficient (Wildman–Crippen LogP) is 1.44. The molecule has 2 fully saturated rings. The molecular formula is C18H22N4O4. The van der Waals surface area contributed by atoms with Crippen molar-refractivity contribution in [2.45, 2.75) is 25.9 Å². The highest BCUT2D eigenvalue weighted by atomic mass is 16.5. The van der Waals surface area contributed by atoms with Crippen molar-refractivity contribution in [2.75, 3.05) is 32.8 Å². The molecule has 0 spiro atoms. The first-order chi connectivity index (χ1) is 12.6. The summed E-state index contributed by atoms with van der Waals surface area (Å²) in [6.45, 7) is 4.58. The van der Waals surface area contributed by atoms with Gasteiger partial charge in [-0.25, -0.2) is 0 Å². The summed E-state index contributed by atoms with van der Waals surface area (Å²) in [6.07, 6.45) is 1.43. The lowest BCUT2D eigenvalue weighted by Crippen LogP contribution is -2.52. The molecule has 8 heteroatoms. The maximum absolute atomic E-state index is 12.7. The van der Waals surface area contributed by atoms with Gasteiger partial charge in [0.25, 0.3) is 11.8 Å². The fourth-order valence-electron chi connectivity index (χ4n) is 3.40. The van der Waals surface area contributed by atoms with Gasteiger partial charge in [-0.1, -0.05) is 0 Å². The van der Waals surface area contributed by atoms with E-state index in [4.69, 9.17) is 9.15 Å². The molecule has 4 rings (SSSR count). The number of nitrogens with zero attached hydrogens (tertiary/aromatic N) is 3. The minimum atomic E-state index is -0.303. The summed E-state index contributed by atoms with van der Waals surface area (Å²) < 4.78 is 11.0. The van der Waals surface area contributed by atoms with E-state index in [9.17, 15) is 9.59 Å². The third-order valence-corrected chi connectivity index (χ3v) is 4.89. The minimum absolute atomic E-state index is 0.0462.